The Morgan fingerprint density at radius 3 is 2.91 bits per heavy atom. The summed E-state index contributed by atoms with van der Waals surface area (Å²) < 4.78 is 11.8. The molecule has 3 heterocycles. The number of benzene rings is 2. The van der Waals surface area contributed by atoms with Gasteiger partial charge in [0.1, 0.15) is 5.75 Å². The number of aromatic nitrogens is 1. The number of anilines is 1. The van der Waals surface area contributed by atoms with Crippen LogP contribution in [0.15, 0.2) is 53.1 Å². The summed E-state index contributed by atoms with van der Waals surface area (Å²) in [6, 6.07) is 17.3. The van der Waals surface area contributed by atoms with Crippen molar-refractivity contribution in [3.63, 3.8) is 0 Å². The minimum atomic E-state index is 0.584. The zero-order valence-electron chi connectivity index (χ0n) is 19.9. The van der Waals surface area contributed by atoms with Crippen molar-refractivity contribution in [1.29, 1.82) is 0 Å². The fourth-order valence-corrected chi connectivity index (χ4v) is 5.15. The van der Waals surface area contributed by atoms with Crippen molar-refractivity contribution < 1.29 is 9.26 Å². The van der Waals surface area contributed by atoms with Crippen molar-refractivity contribution in [1.82, 2.24) is 15.4 Å². The molecule has 2 aromatic carbocycles. The number of hydrogen-bond acceptors (Lipinski definition) is 6. The van der Waals surface area contributed by atoms with E-state index >= 15 is 0 Å². The number of piperazine rings is 1. The van der Waals surface area contributed by atoms with Crippen molar-refractivity contribution in [2.45, 2.75) is 39.3 Å². The van der Waals surface area contributed by atoms with Gasteiger partial charge in [0.05, 0.1) is 12.0 Å². The Balaban J connectivity index is 1.12. The third-order valence-corrected chi connectivity index (χ3v) is 6.93. The second-order valence-corrected chi connectivity index (χ2v) is 10.0. The number of rotatable bonds is 8. The number of fused-ring (bicyclic) bond motifs is 2. The van der Waals surface area contributed by atoms with E-state index in [0.29, 0.717) is 17.9 Å². The molecule has 0 bridgehead atoms. The number of nitrogens with zero attached hydrogens (tertiary/aromatic N) is 3. The van der Waals surface area contributed by atoms with Gasteiger partial charge in [-0.25, -0.2) is 0 Å². The molecule has 6 nitrogen and oxygen atoms in total. The molecule has 1 N–H and O–H groups in total. The number of hydrogen-bond donors (Lipinski definition) is 1. The SMILES string of the molecule is CC(C)CNCc1cccc(OC[C@H]2CC[C@H]3CN(c4noc5ccccc45)CCN3C2)c1. The first-order valence-corrected chi connectivity index (χ1v) is 12.4. The average molecular weight is 449 g/mol. The molecule has 2 atom stereocenters. The Labute approximate surface area is 196 Å². The van der Waals surface area contributed by atoms with E-state index in [4.69, 9.17) is 9.26 Å². The molecule has 2 saturated heterocycles. The molecule has 0 spiro atoms. The van der Waals surface area contributed by atoms with Crippen LogP contribution in [-0.4, -0.2) is 55.4 Å². The Morgan fingerprint density at radius 1 is 1.09 bits per heavy atom. The molecule has 0 aliphatic carbocycles. The van der Waals surface area contributed by atoms with Crippen LogP contribution in [0.2, 0.25) is 0 Å². The first-order valence-electron chi connectivity index (χ1n) is 12.4. The minimum Gasteiger partial charge on any atom is -0.493 e. The summed E-state index contributed by atoms with van der Waals surface area (Å²) in [5.74, 6) is 3.24. The molecule has 0 saturated carbocycles. The van der Waals surface area contributed by atoms with Crippen molar-refractivity contribution >= 4 is 16.8 Å². The lowest BCUT2D eigenvalue weighted by Crippen LogP contribution is -2.57. The molecular formula is C27H36N4O2. The summed E-state index contributed by atoms with van der Waals surface area (Å²) in [5.41, 5.74) is 2.16. The third kappa shape index (κ3) is 5.33. The predicted octanol–water partition coefficient (Wildman–Crippen LogP) is 4.55. The van der Waals surface area contributed by atoms with Crippen LogP contribution in [0.1, 0.15) is 32.3 Å². The molecule has 3 aromatic rings. The lowest BCUT2D eigenvalue weighted by Gasteiger charge is -2.46. The van der Waals surface area contributed by atoms with Crippen LogP contribution in [0.5, 0.6) is 5.75 Å². The number of para-hydroxylation sites is 1. The van der Waals surface area contributed by atoms with Gasteiger partial charge in [-0.3, -0.25) is 4.90 Å². The molecule has 1 aromatic heterocycles. The summed E-state index contributed by atoms with van der Waals surface area (Å²) in [6.07, 6.45) is 2.42. The van der Waals surface area contributed by atoms with Crippen LogP contribution in [0, 0.1) is 11.8 Å². The van der Waals surface area contributed by atoms with Crippen LogP contribution in [0.4, 0.5) is 5.82 Å². The van der Waals surface area contributed by atoms with E-state index in [1.807, 2.05) is 12.1 Å². The third-order valence-electron chi connectivity index (χ3n) is 6.93. The van der Waals surface area contributed by atoms with Crippen molar-refractivity contribution in [3.8, 4) is 5.75 Å². The van der Waals surface area contributed by atoms with E-state index in [2.05, 4.69) is 70.5 Å². The lowest BCUT2D eigenvalue weighted by molar-refractivity contribution is 0.0726. The minimum absolute atomic E-state index is 0.584. The van der Waals surface area contributed by atoms with Gasteiger partial charge in [0.25, 0.3) is 0 Å². The van der Waals surface area contributed by atoms with Gasteiger partial charge >= 0.3 is 0 Å². The molecule has 2 aliphatic heterocycles. The molecule has 0 amide bonds. The van der Waals surface area contributed by atoms with Gasteiger partial charge < -0.3 is 19.5 Å². The average Bonchev–Trinajstić information content (AvgIpc) is 3.27. The Hall–Kier alpha value is -2.57. The van der Waals surface area contributed by atoms with Crippen LogP contribution < -0.4 is 15.0 Å². The fraction of sp³-hybridized carbons (Fsp3) is 0.519. The van der Waals surface area contributed by atoms with Gasteiger partial charge in [0, 0.05) is 44.7 Å². The second-order valence-electron chi connectivity index (χ2n) is 10.0. The topological polar surface area (TPSA) is 53.8 Å². The monoisotopic (exact) mass is 448 g/mol. The van der Waals surface area contributed by atoms with E-state index in [-0.39, 0.29) is 0 Å². The van der Waals surface area contributed by atoms with E-state index in [1.54, 1.807) is 0 Å². The highest BCUT2D eigenvalue weighted by atomic mass is 16.5. The molecular weight excluding hydrogens is 412 g/mol. The molecule has 0 unspecified atom stereocenters. The molecule has 5 rings (SSSR count). The quantitative estimate of drug-likeness (QED) is 0.546. The molecule has 0 radical (unpaired) electrons. The maximum atomic E-state index is 6.23. The molecule has 6 heteroatoms. The van der Waals surface area contributed by atoms with Crippen LogP contribution in [0.25, 0.3) is 11.0 Å². The highest BCUT2D eigenvalue weighted by molar-refractivity contribution is 5.88. The first kappa shape index (κ1) is 22.2. The zero-order valence-corrected chi connectivity index (χ0v) is 19.9. The van der Waals surface area contributed by atoms with Crippen molar-refractivity contribution in [3.05, 3.63) is 54.1 Å². The second kappa shape index (κ2) is 10.1. The van der Waals surface area contributed by atoms with Gasteiger partial charge in [-0.2, -0.15) is 0 Å². The summed E-state index contributed by atoms with van der Waals surface area (Å²) in [7, 11) is 0. The van der Waals surface area contributed by atoms with E-state index in [0.717, 1.165) is 68.4 Å². The smallest absolute Gasteiger partial charge is 0.180 e. The summed E-state index contributed by atoms with van der Waals surface area (Å²) in [4.78, 5) is 5.06. The predicted molar refractivity (Wildman–Crippen MR) is 133 cm³/mol. The van der Waals surface area contributed by atoms with Gasteiger partial charge in [0.15, 0.2) is 11.4 Å². The largest absolute Gasteiger partial charge is 0.493 e. The van der Waals surface area contributed by atoms with E-state index < -0.39 is 0 Å². The Bertz CT molecular complexity index is 1050. The Kier molecular flexibility index (Phi) is 6.83. The standard InChI is InChI=1S/C27H36N4O2/c1-20(2)15-28-16-21-6-5-7-24(14-21)32-19-22-10-11-23-18-31(13-12-30(23)17-22)27-25-8-3-4-9-26(25)33-29-27/h3-9,14,20,22-23,28H,10-13,15-19H2,1-2H3/t22-,23-/m0/s1. The van der Waals surface area contributed by atoms with E-state index in [9.17, 15) is 0 Å². The van der Waals surface area contributed by atoms with Gasteiger partial charge in [-0.05, 0) is 55.1 Å². The normalized spacial score (nSPS) is 21.5. The maximum Gasteiger partial charge on any atom is 0.180 e. The Morgan fingerprint density at radius 2 is 2.00 bits per heavy atom. The number of nitrogens with one attached hydrogen (secondary N) is 1. The number of ether oxygens (including phenoxy) is 1. The van der Waals surface area contributed by atoms with Crippen LogP contribution in [-0.2, 0) is 6.54 Å². The lowest BCUT2D eigenvalue weighted by atomic mass is 9.91. The van der Waals surface area contributed by atoms with Crippen molar-refractivity contribution in [2.75, 3.05) is 44.2 Å². The summed E-state index contributed by atoms with van der Waals surface area (Å²) >= 11 is 0. The molecule has 2 aliphatic rings. The number of piperidine rings is 1. The maximum absolute atomic E-state index is 6.23. The van der Waals surface area contributed by atoms with Gasteiger partial charge in [0.2, 0.25) is 0 Å². The molecule has 33 heavy (non-hydrogen) atoms. The zero-order chi connectivity index (χ0) is 22.6. The molecule has 2 fully saturated rings. The van der Waals surface area contributed by atoms with E-state index in [1.165, 1.54) is 18.4 Å². The molecule has 176 valence electrons. The van der Waals surface area contributed by atoms with Crippen molar-refractivity contribution in [2.24, 2.45) is 11.8 Å². The van der Waals surface area contributed by atoms with Crippen LogP contribution in [0.3, 0.4) is 0 Å². The van der Waals surface area contributed by atoms with Gasteiger partial charge in [-0.15, -0.1) is 0 Å². The summed E-state index contributed by atoms with van der Waals surface area (Å²) in [5, 5.41) is 9.01. The van der Waals surface area contributed by atoms with Crippen LogP contribution >= 0.6 is 0 Å². The highest BCUT2D eigenvalue weighted by Crippen LogP contribution is 2.31. The highest BCUT2D eigenvalue weighted by Gasteiger charge is 2.34. The fourth-order valence-electron chi connectivity index (χ4n) is 5.15. The van der Waals surface area contributed by atoms with Gasteiger partial charge in [-0.1, -0.05) is 43.3 Å². The first-order chi connectivity index (χ1) is 16.2. The summed E-state index contributed by atoms with van der Waals surface area (Å²) in [6.45, 7) is 11.4.